The zero-order valence-electron chi connectivity index (χ0n) is 11.2. The quantitative estimate of drug-likeness (QED) is 0.843. The third-order valence-electron chi connectivity index (χ3n) is 3.52. The molecule has 0 bridgehead atoms. The Morgan fingerprint density at radius 2 is 2.37 bits per heavy atom. The number of rotatable bonds is 5. The third-order valence-corrected chi connectivity index (χ3v) is 3.52. The van der Waals surface area contributed by atoms with Gasteiger partial charge in [0, 0.05) is 32.1 Å². The third kappa shape index (κ3) is 3.56. The van der Waals surface area contributed by atoms with Crippen LogP contribution in [0.3, 0.4) is 0 Å². The number of hydrogen-bond acceptors (Lipinski definition) is 5. The number of carboxylic acids is 1. The van der Waals surface area contributed by atoms with Crippen molar-refractivity contribution < 1.29 is 9.90 Å². The van der Waals surface area contributed by atoms with E-state index in [2.05, 4.69) is 20.2 Å². The van der Waals surface area contributed by atoms with Crippen LogP contribution in [-0.2, 0) is 4.79 Å². The molecule has 0 radical (unpaired) electrons. The van der Waals surface area contributed by atoms with E-state index in [0.29, 0.717) is 6.42 Å². The van der Waals surface area contributed by atoms with Crippen LogP contribution < -0.4 is 10.2 Å². The van der Waals surface area contributed by atoms with Crippen LogP contribution >= 0.6 is 0 Å². The Hall–Kier alpha value is -1.85. The van der Waals surface area contributed by atoms with Crippen LogP contribution in [0.4, 0.5) is 11.6 Å². The van der Waals surface area contributed by atoms with Crippen molar-refractivity contribution in [2.24, 2.45) is 0 Å². The van der Waals surface area contributed by atoms with E-state index in [9.17, 15) is 4.79 Å². The van der Waals surface area contributed by atoms with Gasteiger partial charge < -0.3 is 15.3 Å². The van der Waals surface area contributed by atoms with Crippen molar-refractivity contribution >= 4 is 17.6 Å². The standard InChI is InChI=1S/C13H20N4O2/c1-14-11-8-12(16-9-15-11)17-7-3-2-4-10(17)5-6-13(18)19/h8-10H,2-7H2,1H3,(H,18,19)(H,14,15,16). The molecule has 2 N–H and O–H groups in total. The fraction of sp³-hybridized carbons (Fsp3) is 0.615. The highest BCUT2D eigenvalue weighted by Gasteiger charge is 2.24. The average Bonchev–Trinajstić information content (AvgIpc) is 2.45. The second-order valence-corrected chi connectivity index (χ2v) is 4.79. The van der Waals surface area contributed by atoms with Gasteiger partial charge in [0.2, 0.25) is 0 Å². The Kier molecular flexibility index (Phi) is 4.54. The first-order valence-electron chi connectivity index (χ1n) is 6.69. The number of nitrogens with one attached hydrogen (secondary N) is 1. The molecule has 1 aromatic rings. The Bertz CT molecular complexity index is 438. The summed E-state index contributed by atoms with van der Waals surface area (Å²) in [6.45, 7) is 0.935. The summed E-state index contributed by atoms with van der Waals surface area (Å²) in [6.07, 6.45) is 5.75. The van der Waals surface area contributed by atoms with Crippen LogP contribution in [0.5, 0.6) is 0 Å². The molecule has 1 saturated heterocycles. The molecule has 1 atom stereocenters. The van der Waals surface area contributed by atoms with E-state index in [4.69, 9.17) is 5.11 Å². The maximum Gasteiger partial charge on any atom is 0.303 e. The van der Waals surface area contributed by atoms with E-state index in [0.717, 1.165) is 37.4 Å². The van der Waals surface area contributed by atoms with E-state index in [1.165, 1.54) is 0 Å². The van der Waals surface area contributed by atoms with Crippen LogP contribution in [0.1, 0.15) is 32.1 Å². The van der Waals surface area contributed by atoms with Crippen LogP contribution in [0.25, 0.3) is 0 Å². The zero-order chi connectivity index (χ0) is 13.7. The summed E-state index contributed by atoms with van der Waals surface area (Å²) in [6, 6.07) is 2.18. The van der Waals surface area contributed by atoms with Gasteiger partial charge in [-0.1, -0.05) is 0 Å². The van der Waals surface area contributed by atoms with E-state index in [1.807, 2.05) is 13.1 Å². The molecule has 0 spiro atoms. The molecule has 6 nitrogen and oxygen atoms in total. The molecule has 2 heterocycles. The molecule has 0 aromatic carbocycles. The van der Waals surface area contributed by atoms with Gasteiger partial charge in [-0.2, -0.15) is 0 Å². The van der Waals surface area contributed by atoms with Gasteiger partial charge in [0.25, 0.3) is 0 Å². The largest absolute Gasteiger partial charge is 0.481 e. The average molecular weight is 264 g/mol. The first kappa shape index (κ1) is 13.6. The summed E-state index contributed by atoms with van der Waals surface area (Å²) in [5, 5.41) is 11.8. The lowest BCUT2D eigenvalue weighted by Gasteiger charge is -2.36. The SMILES string of the molecule is CNc1cc(N2CCCCC2CCC(=O)O)ncn1. The summed E-state index contributed by atoms with van der Waals surface area (Å²) >= 11 is 0. The van der Waals surface area contributed by atoms with Crippen molar-refractivity contribution in [1.82, 2.24) is 9.97 Å². The number of aliphatic carboxylic acids is 1. The molecule has 104 valence electrons. The highest BCUT2D eigenvalue weighted by Crippen LogP contribution is 2.26. The Labute approximate surface area is 112 Å². The lowest BCUT2D eigenvalue weighted by molar-refractivity contribution is -0.137. The molecule has 1 unspecified atom stereocenters. The first-order chi connectivity index (χ1) is 9.20. The molecule has 6 heteroatoms. The molecule has 2 rings (SSSR count). The van der Waals surface area contributed by atoms with Gasteiger partial charge in [0.05, 0.1) is 0 Å². The van der Waals surface area contributed by atoms with E-state index in [-0.39, 0.29) is 12.5 Å². The normalized spacial score (nSPS) is 19.2. The minimum atomic E-state index is -0.732. The minimum Gasteiger partial charge on any atom is -0.481 e. The topological polar surface area (TPSA) is 78.4 Å². The van der Waals surface area contributed by atoms with Gasteiger partial charge in [-0.25, -0.2) is 9.97 Å². The molecule has 1 fully saturated rings. The number of anilines is 2. The van der Waals surface area contributed by atoms with Crippen molar-refractivity contribution in [3.05, 3.63) is 12.4 Å². The van der Waals surface area contributed by atoms with Crippen LogP contribution in [-0.4, -0.2) is 40.7 Å². The molecule has 1 aromatic heterocycles. The summed E-state index contributed by atoms with van der Waals surface area (Å²) in [7, 11) is 1.82. The molecule has 1 aliphatic rings. The summed E-state index contributed by atoms with van der Waals surface area (Å²) < 4.78 is 0. The number of aromatic nitrogens is 2. The number of carboxylic acid groups (broad SMARTS) is 1. The smallest absolute Gasteiger partial charge is 0.303 e. The molecular formula is C13H20N4O2. The van der Waals surface area contributed by atoms with E-state index < -0.39 is 5.97 Å². The van der Waals surface area contributed by atoms with Gasteiger partial charge in [0.1, 0.15) is 18.0 Å². The van der Waals surface area contributed by atoms with Gasteiger partial charge in [-0.15, -0.1) is 0 Å². The fourth-order valence-corrected chi connectivity index (χ4v) is 2.53. The number of piperidine rings is 1. The number of nitrogens with zero attached hydrogens (tertiary/aromatic N) is 3. The zero-order valence-corrected chi connectivity index (χ0v) is 11.2. The van der Waals surface area contributed by atoms with Crippen LogP contribution in [0.2, 0.25) is 0 Å². The van der Waals surface area contributed by atoms with Gasteiger partial charge in [0.15, 0.2) is 0 Å². The van der Waals surface area contributed by atoms with Crippen LogP contribution in [0, 0.1) is 0 Å². The maximum atomic E-state index is 10.7. The van der Waals surface area contributed by atoms with E-state index in [1.54, 1.807) is 6.33 Å². The Morgan fingerprint density at radius 1 is 1.53 bits per heavy atom. The first-order valence-corrected chi connectivity index (χ1v) is 6.69. The molecule has 19 heavy (non-hydrogen) atoms. The highest BCUT2D eigenvalue weighted by atomic mass is 16.4. The predicted octanol–water partition coefficient (Wildman–Crippen LogP) is 1.74. The monoisotopic (exact) mass is 264 g/mol. The molecule has 1 aliphatic heterocycles. The predicted molar refractivity (Wildman–Crippen MR) is 73.4 cm³/mol. The lowest BCUT2D eigenvalue weighted by atomic mass is 9.98. The molecule has 0 aliphatic carbocycles. The molecular weight excluding hydrogens is 244 g/mol. The summed E-state index contributed by atoms with van der Waals surface area (Å²) in [4.78, 5) is 21.4. The van der Waals surface area contributed by atoms with Gasteiger partial charge in [-0.3, -0.25) is 4.79 Å². The summed E-state index contributed by atoms with van der Waals surface area (Å²) in [5.74, 6) is 0.936. The van der Waals surface area contributed by atoms with Crippen LogP contribution in [0.15, 0.2) is 12.4 Å². The van der Waals surface area contributed by atoms with E-state index >= 15 is 0 Å². The second kappa shape index (κ2) is 6.36. The van der Waals surface area contributed by atoms with Crippen molar-refractivity contribution in [1.29, 1.82) is 0 Å². The Morgan fingerprint density at radius 3 is 3.11 bits per heavy atom. The summed E-state index contributed by atoms with van der Waals surface area (Å²) in [5.41, 5.74) is 0. The van der Waals surface area contributed by atoms with Crippen molar-refractivity contribution in [3.63, 3.8) is 0 Å². The van der Waals surface area contributed by atoms with Crippen molar-refractivity contribution in [2.45, 2.75) is 38.1 Å². The Balaban J connectivity index is 2.11. The van der Waals surface area contributed by atoms with Crippen molar-refractivity contribution in [3.8, 4) is 0 Å². The van der Waals surface area contributed by atoms with Gasteiger partial charge >= 0.3 is 5.97 Å². The number of carbonyl (C=O) groups is 1. The van der Waals surface area contributed by atoms with Crippen molar-refractivity contribution in [2.75, 3.05) is 23.8 Å². The minimum absolute atomic E-state index is 0.213. The fourth-order valence-electron chi connectivity index (χ4n) is 2.53. The molecule has 0 saturated carbocycles. The van der Waals surface area contributed by atoms with Gasteiger partial charge in [-0.05, 0) is 25.7 Å². The lowest BCUT2D eigenvalue weighted by Crippen LogP contribution is -2.40. The highest BCUT2D eigenvalue weighted by molar-refractivity contribution is 5.66. The number of hydrogen-bond donors (Lipinski definition) is 2. The maximum absolute atomic E-state index is 10.7. The second-order valence-electron chi connectivity index (χ2n) is 4.79. The molecule has 0 amide bonds.